The normalized spacial score (nSPS) is 13.5. The second kappa shape index (κ2) is 2.63. The van der Waals surface area contributed by atoms with Gasteiger partial charge in [-0.25, -0.2) is 8.96 Å². The zero-order valence-electron chi connectivity index (χ0n) is 7.22. The van der Waals surface area contributed by atoms with E-state index in [1.165, 1.54) is 26.5 Å². The van der Waals surface area contributed by atoms with Gasteiger partial charge in [0, 0.05) is 26.5 Å². The molecule has 1 heterocycles. The molecule has 0 radical (unpaired) electrons. The Kier molecular flexibility index (Phi) is 1.63. The minimum atomic E-state index is -3.56. The molecule has 0 fully saturated rings. The van der Waals surface area contributed by atoms with E-state index in [1.807, 2.05) is 0 Å². The fourth-order valence-corrected chi connectivity index (χ4v) is 1.23. The number of nitrogens with zero attached hydrogens (tertiary/aromatic N) is 3. The van der Waals surface area contributed by atoms with E-state index in [1.54, 1.807) is 0 Å². The van der Waals surface area contributed by atoms with Crippen molar-refractivity contribution >= 4 is 10.2 Å². The highest BCUT2D eigenvalue weighted by Gasteiger charge is 2.13. The van der Waals surface area contributed by atoms with Crippen molar-refractivity contribution in [3.63, 3.8) is 0 Å². The van der Waals surface area contributed by atoms with E-state index in [0.29, 0.717) is 0 Å². The smallest absolute Gasteiger partial charge is 0.244 e. The number of hydrogen-bond acceptors (Lipinski definition) is 3. The molecule has 0 spiro atoms. The summed E-state index contributed by atoms with van der Waals surface area (Å²) in [6.45, 7) is 0. The predicted molar refractivity (Wildman–Crippen MR) is 40.2 cm³/mol. The van der Waals surface area contributed by atoms with Crippen LogP contribution >= 0.6 is 0 Å². The average molecular weight is 177 g/mol. The molecule has 0 aliphatic rings. The van der Waals surface area contributed by atoms with E-state index in [4.69, 9.17) is 1.37 Å². The van der Waals surface area contributed by atoms with Gasteiger partial charge in [-0.15, -0.1) is 0 Å². The molecular weight excluding hydrogens is 166 g/mol. The Morgan fingerprint density at radius 1 is 1.64 bits per heavy atom. The lowest BCUT2D eigenvalue weighted by Gasteiger charge is -2.10. The molecule has 0 aromatic carbocycles. The Bertz CT molecular complexity index is 370. The quantitative estimate of drug-likeness (QED) is 0.614. The van der Waals surface area contributed by atoms with E-state index in [2.05, 4.69) is 4.98 Å². The molecule has 1 rings (SSSR count). The highest BCUT2D eigenvalue weighted by molar-refractivity contribution is 7.87. The number of rotatable bonds is 2. The third-order valence-corrected chi connectivity index (χ3v) is 2.77. The molecule has 0 atom stereocenters. The average Bonchev–Trinajstić information content (AvgIpc) is 2.35. The highest BCUT2D eigenvalue weighted by atomic mass is 32.2. The summed E-state index contributed by atoms with van der Waals surface area (Å²) in [4.78, 5) is 3.49. The first-order chi connectivity index (χ1) is 5.46. The van der Waals surface area contributed by atoms with Crippen LogP contribution < -0.4 is 0 Å². The van der Waals surface area contributed by atoms with Gasteiger partial charge in [-0.3, -0.25) is 0 Å². The molecule has 62 valence electrons. The molecule has 0 N–H and O–H groups in total. The van der Waals surface area contributed by atoms with Crippen molar-refractivity contribution in [2.24, 2.45) is 0 Å². The largest absolute Gasteiger partial charge is 0.308 e. The van der Waals surface area contributed by atoms with Crippen LogP contribution in [-0.2, 0) is 10.2 Å². The molecule has 1 aromatic heterocycles. The topological polar surface area (TPSA) is 55.2 Å². The van der Waals surface area contributed by atoms with Crippen molar-refractivity contribution in [1.82, 2.24) is 13.3 Å². The van der Waals surface area contributed by atoms with E-state index < -0.39 is 10.2 Å². The molecule has 0 saturated heterocycles. The monoisotopic (exact) mass is 177 g/mol. The number of imidazole rings is 1. The molecule has 6 heteroatoms. The molecule has 5 nitrogen and oxygen atoms in total. The Morgan fingerprint density at radius 3 is 2.64 bits per heavy atom. The van der Waals surface area contributed by atoms with E-state index in [-0.39, 0.29) is 6.30 Å². The molecule has 0 unspecified atom stereocenters. The minimum Gasteiger partial charge on any atom is -0.244 e. The van der Waals surface area contributed by atoms with Crippen LogP contribution in [0.25, 0.3) is 0 Å². The van der Waals surface area contributed by atoms with Gasteiger partial charge in [0.1, 0.15) is 7.67 Å². The van der Waals surface area contributed by atoms with Crippen LogP contribution in [0.2, 0.25) is 0 Å². The third kappa shape index (κ3) is 1.41. The van der Waals surface area contributed by atoms with Gasteiger partial charge in [0.2, 0.25) is 0 Å². The van der Waals surface area contributed by atoms with Crippen LogP contribution in [-0.4, -0.2) is 35.8 Å². The summed E-state index contributed by atoms with van der Waals surface area (Å²) >= 11 is 0. The lowest BCUT2D eigenvalue weighted by Crippen LogP contribution is -2.27. The van der Waals surface area contributed by atoms with Crippen molar-refractivity contribution < 1.29 is 9.79 Å². The summed E-state index contributed by atoms with van der Waals surface area (Å²) in [5.41, 5.74) is 0. The maximum atomic E-state index is 11.3. The van der Waals surface area contributed by atoms with E-state index in [0.717, 1.165) is 8.28 Å². The Balaban J connectivity index is 3.24. The molecule has 0 saturated carbocycles. The first kappa shape index (κ1) is 6.81. The van der Waals surface area contributed by atoms with E-state index in [9.17, 15) is 8.42 Å². The van der Waals surface area contributed by atoms with Gasteiger partial charge in [0.05, 0.1) is 0 Å². The predicted octanol–water partition coefficient (Wildman–Crippen LogP) is -0.462. The molecule has 0 aliphatic heterocycles. The van der Waals surface area contributed by atoms with E-state index >= 15 is 0 Å². The third-order valence-electron chi connectivity index (χ3n) is 1.14. The molecule has 11 heavy (non-hydrogen) atoms. The highest BCUT2D eigenvalue weighted by Crippen LogP contribution is 1.98. The van der Waals surface area contributed by atoms with Gasteiger partial charge >= 0.3 is 10.2 Å². The number of aromatic nitrogens is 2. The minimum absolute atomic E-state index is 0.288. The summed E-state index contributed by atoms with van der Waals surface area (Å²) in [6.07, 6.45) is 2.21. The van der Waals surface area contributed by atoms with Crippen LogP contribution in [0.1, 0.15) is 1.37 Å². The maximum Gasteiger partial charge on any atom is 0.308 e. The molecule has 0 aliphatic carbocycles. The first-order valence-electron chi connectivity index (χ1n) is 3.39. The van der Waals surface area contributed by atoms with Crippen LogP contribution in [0.4, 0.5) is 0 Å². The zero-order chi connectivity index (χ0) is 9.35. The first-order valence-corrected chi connectivity index (χ1v) is 4.29. The zero-order valence-corrected chi connectivity index (χ0v) is 7.04. The summed E-state index contributed by atoms with van der Waals surface area (Å²) in [5.74, 6) is 0. The fourth-order valence-electron chi connectivity index (χ4n) is 0.522. The summed E-state index contributed by atoms with van der Waals surface area (Å²) in [5, 5.41) is 0. The van der Waals surface area contributed by atoms with Gasteiger partial charge in [-0.2, -0.15) is 12.7 Å². The summed E-state index contributed by atoms with van der Waals surface area (Å²) in [6, 6.07) is 0. The van der Waals surface area contributed by atoms with Gasteiger partial charge < -0.3 is 0 Å². The second-order valence-electron chi connectivity index (χ2n) is 2.11. The maximum absolute atomic E-state index is 11.3. The molecule has 0 amide bonds. The Morgan fingerprint density at radius 2 is 2.27 bits per heavy atom. The van der Waals surface area contributed by atoms with Crippen molar-refractivity contribution in [3.8, 4) is 0 Å². The lowest BCUT2D eigenvalue weighted by molar-refractivity contribution is 0.510. The molecule has 0 bridgehead atoms. The Hall–Kier alpha value is -0.880. The number of hydrogen-bond donors (Lipinski definition) is 0. The fraction of sp³-hybridized carbons (Fsp3) is 0.400. The van der Waals surface area contributed by atoms with Crippen molar-refractivity contribution in [1.29, 1.82) is 0 Å². The van der Waals surface area contributed by atoms with Crippen LogP contribution in [0.15, 0.2) is 18.7 Å². The van der Waals surface area contributed by atoms with Crippen LogP contribution in [0.5, 0.6) is 0 Å². The van der Waals surface area contributed by atoms with Gasteiger partial charge in [-0.1, -0.05) is 0 Å². The summed E-state index contributed by atoms with van der Waals surface area (Å²) in [7, 11) is -0.769. The van der Waals surface area contributed by atoms with Crippen molar-refractivity contribution in [2.45, 2.75) is 0 Å². The van der Waals surface area contributed by atoms with Gasteiger partial charge in [0.25, 0.3) is 0 Å². The van der Waals surface area contributed by atoms with Crippen LogP contribution in [0, 0.1) is 0 Å². The Labute approximate surface area is 66.9 Å². The molecular formula is C5H9N3O2S. The lowest BCUT2D eigenvalue weighted by atomic mass is 11.0. The molecule has 1 aromatic rings. The van der Waals surface area contributed by atoms with Crippen LogP contribution in [0.3, 0.4) is 0 Å². The SMILES string of the molecule is [3H]c1nccn1S(=O)(=O)N(C)C. The van der Waals surface area contributed by atoms with Gasteiger partial charge in [0.15, 0.2) is 0 Å². The summed E-state index contributed by atoms with van der Waals surface area (Å²) < 4.78 is 31.7. The van der Waals surface area contributed by atoms with Crippen molar-refractivity contribution in [2.75, 3.05) is 14.1 Å². The standard InChI is InChI=1S/C5H9N3O2S/c1-7(2)11(9,10)8-4-3-6-5-8/h3-5H,1-2H3/i5T. The van der Waals surface area contributed by atoms with Crippen molar-refractivity contribution in [3.05, 3.63) is 18.7 Å². The van der Waals surface area contributed by atoms with Gasteiger partial charge in [-0.05, 0) is 0 Å². The second-order valence-corrected chi connectivity index (χ2v) is 4.13.